The summed E-state index contributed by atoms with van der Waals surface area (Å²) in [5.41, 5.74) is 4.61. The van der Waals surface area contributed by atoms with E-state index in [0.29, 0.717) is 16.9 Å². The molecule has 1 unspecified atom stereocenters. The first-order chi connectivity index (χ1) is 14.9. The fraction of sp³-hybridized carbons (Fsp3) is 0.192. The minimum atomic E-state index is -0.618. The van der Waals surface area contributed by atoms with Gasteiger partial charge < -0.3 is 9.64 Å². The monoisotopic (exact) mass is 406 g/mol. The van der Waals surface area contributed by atoms with Crippen LogP contribution in [-0.4, -0.2) is 12.8 Å². The van der Waals surface area contributed by atoms with Crippen LogP contribution >= 0.6 is 0 Å². The van der Waals surface area contributed by atoms with Crippen LogP contribution in [0.25, 0.3) is 6.08 Å². The SMILES string of the molecule is CN1c2ccccc2C(C)(C)C12C=Cc1ccc(N=Nc3ccc(C#N)cc3)cc1O2. The first-order valence-corrected chi connectivity index (χ1v) is 10.2. The third-order valence-corrected chi connectivity index (χ3v) is 6.36. The molecule has 5 heteroatoms. The van der Waals surface area contributed by atoms with E-state index in [1.165, 1.54) is 11.3 Å². The fourth-order valence-corrected chi connectivity index (χ4v) is 4.54. The van der Waals surface area contributed by atoms with E-state index < -0.39 is 5.72 Å². The molecule has 3 aromatic carbocycles. The van der Waals surface area contributed by atoms with Gasteiger partial charge in [-0.05, 0) is 74.0 Å². The van der Waals surface area contributed by atoms with Crippen LogP contribution < -0.4 is 9.64 Å². The average molecular weight is 406 g/mol. The summed E-state index contributed by atoms with van der Waals surface area (Å²) in [4.78, 5) is 2.21. The number of azo groups is 1. The number of rotatable bonds is 2. The number of nitriles is 1. The Bertz CT molecular complexity index is 1270. The maximum absolute atomic E-state index is 8.92. The van der Waals surface area contributed by atoms with Crippen molar-refractivity contribution in [2.75, 3.05) is 11.9 Å². The van der Waals surface area contributed by atoms with Crippen molar-refractivity contribution < 1.29 is 4.74 Å². The van der Waals surface area contributed by atoms with E-state index in [1.807, 2.05) is 18.2 Å². The summed E-state index contributed by atoms with van der Waals surface area (Å²) >= 11 is 0. The topological polar surface area (TPSA) is 61.0 Å². The predicted octanol–water partition coefficient (Wildman–Crippen LogP) is 6.50. The summed E-state index contributed by atoms with van der Waals surface area (Å²) in [5, 5.41) is 17.6. The van der Waals surface area contributed by atoms with Crippen molar-refractivity contribution in [3.63, 3.8) is 0 Å². The van der Waals surface area contributed by atoms with E-state index >= 15 is 0 Å². The Morgan fingerprint density at radius 2 is 1.65 bits per heavy atom. The molecule has 1 atom stereocenters. The van der Waals surface area contributed by atoms with Crippen LogP contribution in [-0.2, 0) is 5.41 Å². The van der Waals surface area contributed by atoms with Gasteiger partial charge in [0.15, 0.2) is 0 Å². The van der Waals surface area contributed by atoms with Gasteiger partial charge in [-0.3, -0.25) is 0 Å². The minimum Gasteiger partial charge on any atom is -0.463 e. The third-order valence-electron chi connectivity index (χ3n) is 6.36. The van der Waals surface area contributed by atoms with Crippen LogP contribution in [0, 0.1) is 11.3 Å². The molecule has 0 amide bonds. The third kappa shape index (κ3) is 2.83. The second-order valence-corrected chi connectivity index (χ2v) is 8.41. The second kappa shape index (κ2) is 6.82. The Morgan fingerprint density at radius 3 is 2.39 bits per heavy atom. The van der Waals surface area contributed by atoms with Gasteiger partial charge in [0.05, 0.1) is 28.4 Å². The number of hydrogen-bond donors (Lipinski definition) is 0. The molecule has 0 N–H and O–H groups in total. The first-order valence-electron chi connectivity index (χ1n) is 10.2. The molecule has 0 bridgehead atoms. The van der Waals surface area contributed by atoms with Crippen LogP contribution in [0.2, 0.25) is 0 Å². The molecule has 5 nitrogen and oxygen atoms in total. The van der Waals surface area contributed by atoms with Crippen LogP contribution in [0.5, 0.6) is 5.75 Å². The lowest BCUT2D eigenvalue weighted by Crippen LogP contribution is -2.58. The van der Waals surface area contributed by atoms with Gasteiger partial charge in [0.1, 0.15) is 5.75 Å². The van der Waals surface area contributed by atoms with Gasteiger partial charge >= 0.3 is 0 Å². The standard InChI is InChI=1S/C26H22N4O/c1-25(2)22-6-4-5-7-23(22)30(3)26(25)15-14-19-10-13-21(16-24(19)31-26)29-28-20-11-8-18(17-27)9-12-20/h4-16H,1-3H3. The van der Waals surface area contributed by atoms with Gasteiger partial charge in [-0.25, -0.2) is 0 Å². The van der Waals surface area contributed by atoms with Gasteiger partial charge in [-0.1, -0.05) is 18.2 Å². The minimum absolute atomic E-state index is 0.244. The van der Waals surface area contributed by atoms with Crippen molar-refractivity contribution in [3.05, 3.63) is 89.5 Å². The van der Waals surface area contributed by atoms with E-state index in [-0.39, 0.29) is 5.41 Å². The number of nitrogens with zero attached hydrogens (tertiary/aromatic N) is 4. The van der Waals surface area contributed by atoms with Crippen molar-refractivity contribution in [1.29, 1.82) is 5.26 Å². The molecule has 5 rings (SSSR count). The number of likely N-dealkylation sites (N-methyl/N-ethyl adjacent to an activating group) is 1. The van der Waals surface area contributed by atoms with Gasteiger partial charge in [0.2, 0.25) is 5.72 Å². The molecule has 152 valence electrons. The molecule has 1 spiro atoms. The highest BCUT2D eigenvalue weighted by Crippen LogP contribution is 2.54. The number of para-hydroxylation sites is 1. The highest BCUT2D eigenvalue weighted by Gasteiger charge is 2.57. The normalized spacial score (nSPS) is 20.4. The van der Waals surface area contributed by atoms with Crippen molar-refractivity contribution in [1.82, 2.24) is 0 Å². The Hall–Kier alpha value is -3.91. The maximum atomic E-state index is 8.92. The number of fused-ring (bicyclic) bond motifs is 2. The highest BCUT2D eigenvalue weighted by molar-refractivity contribution is 5.72. The quantitative estimate of drug-likeness (QED) is 0.456. The molecule has 3 aromatic rings. The lowest BCUT2D eigenvalue weighted by molar-refractivity contribution is 0.0582. The Kier molecular flexibility index (Phi) is 4.19. The highest BCUT2D eigenvalue weighted by atomic mass is 16.5. The van der Waals surface area contributed by atoms with Crippen molar-refractivity contribution in [2.24, 2.45) is 10.2 Å². The molecular formula is C26H22N4O. The van der Waals surface area contributed by atoms with Crippen LogP contribution in [0.1, 0.15) is 30.5 Å². The number of ether oxygens (including phenoxy) is 1. The largest absolute Gasteiger partial charge is 0.463 e. The fourth-order valence-electron chi connectivity index (χ4n) is 4.54. The zero-order valence-electron chi connectivity index (χ0n) is 17.7. The van der Waals surface area contributed by atoms with E-state index in [0.717, 1.165) is 11.3 Å². The molecular weight excluding hydrogens is 384 g/mol. The van der Waals surface area contributed by atoms with Crippen molar-refractivity contribution in [3.8, 4) is 11.8 Å². The lowest BCUT2D eigenvalue weighted by atomic mass is 9.76. The van der Waals surface area contributed by atoms with E-state index in [1.54, 1.807) is 24.3 Å². The van der Waals surface area contributed by atoms with Crippen molar-refractivity contribution in [2.45, 2.75) is 25.0 Å². The molecule has 2 aliphatic heterocycles. The molecule has 0 aromatic heterocycles. The molecule has 0 radical (unpaired) electrons. The summed E-state index contributed by atoms with van der Waals surface area (Å²) in [6, 6.07) is 23.4. The average Bonchev–Trinajstić information content (AvgIpc) is 2.96. The zero-order chi connectivity index (χ0) is 21.6. The van der Waals surface area contributed by atoms with Gasteiger partial charge in [-0.15, -0.1) is 0 Å². The van der Waals surface area contributed by atoms with Gasteiger partial charge in [0.25, 0.3) is 0 Å². The van der Waals surface area contributed by atoms with Crippen LogP contribution in [0.15, 0.2) is 83.0 Å². The smallest absolute Gasteiger partial charge is 0.211 e. The number of anilines is 1. The molecule has 0 aliphatic carbocycles. The second-order valence-electron chi connectivity index (χ2n) is 8.41. The van der Waals surface area contributed by atoms with E-state index in [4.69, 9.17) is 10.00 Å². The summed E-state index contributed by atoms with van der Waals surface area (Å²) in [6.45, 7) is 4.44. The summed E-state index contributed by atoms with van der Waals surface area (Å²) in [5.74, 6) is 0.784. The predicted molar refractivity (Wildman–Crippen MR) is 122 cm³/mol. The number of benzene rings is 3. The summed E-state index contributed by atoms with van der Waals surface area (Å²) < 4.78 is 6.71. The molecule has 31 heavy (non-hydrogen) atoms. The van der Waals surface area contributed by atoms with Gasteiger partial charge in [0, 0.05) is 24.4 Å². The maximum Gasteiger partial charge on any atom is 0.211 e. The lowest BCUT2D eigenvalue weighted by Gasteiger charge is -2.45. The Labute approximate surface area is 181 Å². The van der Waals surface area contributed by atoms with Crippen LogP contribution in [0.3, 0.4) is 0 Å². The van der Waals surface area contributed by atoms with Crippen LogP contribution in [0.4, 0.5) is 17.1 Å². The summed E-state index contributed by atoms with van der Waals surface area (Å²) in [7, 11) is 2.08. The molecule has 0 fully saturated rings. The van der Waals surface area contributed by atoms with Gasteiger partial charge in [-0.2, -0.15) is 15.5 Å². The Balaban J connectivity index is 1.48. The first kappa shape index (κ1) is 19.1. The molecule has 2 aliphatic rings. The van der Waals surface area contributed by atoms with E-state index in [2.05, 4.69) is 78.5 Å². The van der Waals surface area contributed by atoms with Crippen molar-refractivity contribution >= 4 is 23.1 Å². The van der Waals surface area contributed by atoms with E-state index in [9.17, 15) is 0 Å². The molecule has 2 heterocycles. The molecule has 0 saturated carbocycles. The zero-order valence-corrected chi connectivity index (χ0v) is 17.7. The molecule has 0 saturated heterocycles. The summed E-state index contributed by atoms with van der Waals surface area (Å²) in [6.07, 6.45) is 4.29. The number of hydrogen-bond acceptors (Lipinski definition) is 5. The Morgan fingerprint density at radius 1 is 0.935 bits per heavy atom.